The van der Waals surface area contributed by atoms with Gasteiger partial charge in [-0.25, -0.2) is 14.8 Å². The van der Waals surface area contributed by atoms with Crippen molar-refractivity contribution < 1.29 is 13.2 Å². The number of nitrogens with zero attached hydrogens (tertiary/aromatic N) is 3. The fourth-order valence-corrected chi connectivity index (χ4v) is 3.69. The summed E-state index contributed by atoms with van der Waals surface area (Å²) in [6.45, 7) is 2.07. The highest BCUT2D eigenvalue weighted by molar-refractivity contribution is 5.98. The van der Waals surface area contributed by atoms with E-state index in [4.69, 9.17) is 0 Å². The summed E-state index contributed by atoms with van der Waals surface area (Å²) >= 11 is 0. The highest BCUT2D eigenvalue weighted by Crippen LogP contribution is 2.36. The van der Waals surface area contributed by atoms with Gasteiger partial charge in [0.2, 0.25) is 5.82 Å². The second-order valence-electron chi connectivity index (χ2n) is 6.43. The van der Waals surface area contributed by atoms with Gasteiger partial charge >= 0.3 is 11.9 Å². The Hall–Kier alpha value is -2.32. The van der Waals surface area contributed by atoms with Crippen molar-refractivity contribution in [2.75, 3.05) is 0 Å². The van der Waals surface area contributed by atoms with Crippen molar-refractivity contribution in [3.8, 4) is 0 Å². The van der Waals surface area contributed by atoms with Crippen LogP contribution in [0.2, 0.25) is 0 Å². The first kappa shape index (κ1) is 15.2. The minimum Gasteiger partial charge on any atom is -0.331 e. The number of hydrogen-bond donors (Lipinski definition) is 2. The van der Waals surface area contributed by atoms with E-state index in [1.165, 1.54) is 6.20 Å². The molecule has 0 unspecified atom stereocenters. The molecule has 1 aliphatic carbocycles. The van der Waals surface area contributed by atoms with Crippen molar-refractivity contribution in [2.45, 2.75) is 44.8 Å². The van der Waals surface area contributed by atoms with E-state index >= 15 is 0 Å². The monoisotopic (exact) mass is 339 g/mol. The van der Waals surface area contributed by atoms with Crippen LogP contribution >= 0.6 is 0 Å². The number of hydrogen-bond acceptors (Lipinski definition) is 3. The Morgan fingerprint density at radius 1 is 1.25 bits per heavy atom. The highest BCUT2D eigenvalue weighted by Gasteiger charge is 2.36. The molecule has 9 heteroatoms. The number of nitrogens with one attached hydrogen (secondary N) is 2. The summed E-state index contributed by atoms with van der Waals surface area (Å²) in [5.41, 5.74) is 0.637. The summed E-state index contributed by atoms with van der Waals surface area (Å²) in [4.78, 5) is 24.9. The van der Waals surface area contributed by atoms with Crippen LogP contribution in [0.3, 0.4) is 0 Å². The Labute approximate surface area is 134 Å². The minimum atomic E-state index is -4.59. The molecule has 2 atom stereocenters. The second-order valence-corrected chi connectivity index (χ2v) is 6.43. The Bertz CT molecular complexity index is 967. The van der Waals surface area contributed by atoms with Crippen molar-refractivity contribution in [1.29, 1.82) is 0 Å². The molecule has 0 bridgehead atoms. The van der Waals surface area contributed by atoms with Crippen molar-refractivity contribution in [2.24, 2.45) is 5.92 Å². The number of aromatic nitrogens is 5. The van der Waals surface area contributed by atoms with E-state index in [0.29, 0.717) is 11.0 Å². The lowest BCUT2D eigenvalue weighted by Crippen LogP contribution is -2.29. The fourth-order valence-electron chi connectivity index (χ4n) is 3.69. The van der Waals surface area contributed by atoms with Gasteiger partial charge in [0.05, 0.1) is 17.2 Å². The van der Waals surface area contributed by atoms with Gasteiger partial charge in [0.15, 0.2) is 5.65 Å². The average Bonchev–Trinajstić information content (AvgIpc) is 3.07. The van der Waals surface area contributed by atoms with Crippen molar-refractivity contribution in [3.63, 3.8) is 0 Å². The maximum Gasteiger partial charge on any atom is 0.449 e. The lowest BCUT2D eigenvalue weighted by Gasteiger charge is -2.29. The number of H-pyrrole nitrogens is 2. The Morgan fingerprint density at radius 2 is 2.00 bits per heavy atom. The molecule has 1 saturated carbocycles. The SMILES string of the molecule is C[C@@H]1CCCC[C@@H]1n1c(=O)[nH]c2cnc3nc(C(F)(F)F)[nH]c3c21. The third-order valence-electron chi connectivity index (χ3n) is 4.86. The summed E-state index contributed by atoms with van der Waals surface area (Å²) in [5.74, 6) is -0.821. The minimum absolute atomic E-state index is 0.0361. The molecule has 1 fully saturated rings. The molecular formula is C15H16F3N5O. The van der Waals surface area contributed by atoms with Gasteiger partial charge < -0.3 is 9.97 Å². The van der Waals surface area contributed by atoms with Crippen LogP contribution in [0, 0.1) is 5.92 Å². The van der Waals surface area contributed by atoms with Crippen LogP contribution in [-0.2, 0) is 6.18 Å². The molecule has 4 rings (SSSR count). The zero-order chi connectivity index (χ0) is 17.1. The predicted octanol–water partition coefficient (Wildman–Crippen LogP) is 3.37. The van der Waals surface area contributed by atoms with E-state index in [1.807, 2.05) is 0 Å². The zero-order valence-electron chi connectivity index (χ0n) is 12.9. The maximum absolute atomic E-state index is 13.0. The van der Waals surface area contributed by atoms with Crippen molar-refractivity contribution >= 4 is 22.2 Å². The largest absolute Gasteiger partial charge is 0.449 e. The van der Waals surface area contributed by atoms with Crippen molar-refractivity contribution in [3.05, 3.63) is 22.5 Å². The van der Waals surface area contributed by atoms with E-state index in [2.05, 4.69) is 26.9 Å². The first-order valence-electron chi connectivity index (χ1n) is 7.92. The summed E-state index contributed by atoms with van der Waals surface area (Å²) in [5, 5.41) is 0. The van der Waals surface area contributed by atoms with Crippen LogP contribution in [0.1, 0.15) is 44.5 Å². The van der Waals surface area contributed by atoms with Gasteiger partial charge in [-0.2, -0.15) is 13.2 Å². The molecule has 0 amide bonds. The normalized spacial score (nSPS) is 22.5. The van der Waals surface area contributed by atoms with Gasteiger partial charge in [-0.05, 0) is 18.8 Å². The number of fused-ring (bicyclic) bond motifs is 3. The topological polar surface area (TPSA) is 79.4 Å². The molecule has 3 heterocycles. The number of pyridine rings is 1. The van der Waals surface area contributed by atoms with Gasteiger partial charge in [-0.3, -0.25) is 4.57 Å². The summed E-state index contributed by atoms with van der Waals surface area (Å²) in [7, 11) is 0. The predicted molar refractivity (Wildman–Crippen MR) is 81.7 cm³/mol. The molecule has 2 N–H and O–H groups in total. The van der Waals surface area contributed by atoms with E-state index in [0.717, 1.165) is 25.7 Å². The Balaban J connectivity index is 2.01. The van der Waals surface area contributed by atoms with Gasteiger partial charge in [0.25, 0.3) is 0 Å². The fraction of sp³-hybridized carbons (Fsp3) is 0.533. The molecule has 24 heavy (non-hydrogen) atoms. The van der Waals surface area contributed by atoms with E-state index < -0.39 is 12.0 Å². The van der Waals surface area contributed by atoms with Gasteiger partial charge in [0.1, 0.15) is 5.52 Å². The van der Waals surface area contributed by atoms with Crippen LogP contribution < -0.4 is 5.69 Å². The quantitative estimate of drug-likeness (QED) is 0.713. The molecule has 0 aliphatic heterocycles. The van der Waals surface area contributed by atoms with Crippen LogP contribution in [-0.4, -0.2) is 24.5 Å². The first-order chi connectivity index (χ1) is 11.4. The van der Waals surface area contributed by atoms with Crippen molar-refractivity contribution in [1.82, 2.24) is 24.5 Å². The lowest BCUT2D eigenvalue weighted by atomic mass is 9.85. The van der Waals surface area contributed by atoms with E-state index in [-0.39, 0.29) is 28.8 Å². The smallest absolute Gasteiger partial charge is 0.331 e. The number of alkyl halides is 3. The van der Waals surface area contributed by atoms with Crippen LogP contribution in [0.15, 0.2) is 11.0 Å². The first-order valence-corrected chi connectivity index (χ1v) is 7.92. The third kappa shape index (κ3) is 2.22. The van der Waals surface area contributed by atoms with Gasteiger partial charge in [0, 0.05) is 6.04 Å². The standard InChI is InChI=1S/C15H16F3N5O/c1-7-4-2-3-5-9(7)23-11-8(20-14(23)24)6-19-12-10(11)21-13(22-12)15(16,17)18/h6-7,9H,2-5H2,1H3,(H,20,24)(H,19,21,22)/t7-,9+/m1/s1. The van der Waals surface area contributed by atoms with Crippen LogP contribution in [0.25, 0.3) is 22.2 Å². The third-order valence-corrected chi connectivity index (χ3v) is 4.86. The highest BCUT2D eigenvalue weighted by atomic mass is 19.4. The average molecular weight is 339 g/mol. The molecule has 0 aromatic carbocycles. The molecule has 0 radical (unpaired) electrons. The summed E-state index contributed by atoms with van der Waals surface area (Å²) in [6.07, 6.45) is 0.705. The maximum atomic E-state index is 13.0. The lowest BCUT2D eigenvalue weighted by molar-refractivity contribution is -0.144. The van der Waals surface area contributed by atoms with Gasteiger partial charge in [-0.1, -0.05) is 19.8 Å². The number of imidazole rings is 2. The van der Waals surface area contributed by atoms with Crippen LogP contribution in [0.4, 0.5) is 13.2 Å². The molecule has 3 aromatic rings. The molecule has 6 nitrogen and oxygen atoms in total. The van der Waals surface area contributed by atoms with Gasteiger partial charge in [-0.15, -0.1) is 0 Å². The van der Waals surface area contributed by atoms with E-state index in [9.17, 15) is 18.0 Å². The summed E-state index contributed by atoms with van der Waals surface area (Å²) in [6, 6.07) is -0.0387. The number of rotatable bonds is 1. The zero-order valence-corrected chi connectivity index (χ0v) is 12.9. The Morgan fingerprint density at radius 3 is 2.71 bits per heavy atom. The molecule has 0 spiro atoms. The number of aromatic amines is 2. The molecule has 0 saturated heterocycles. The molecule has 3 aromatic heterocycles. The van der Waals surface area contributed by atoms with Crippen LogP contribution in [0.5, 0.6) is 0 Å². The summed E-state index contributed by atoms with van der Waals surface area (Å²) < 4.78 is 40.4. The second kappa shape index (κ2) is 5.09. The Kier molecular flexibility index (Phi) is 3.23. The number of halogens is 3. The molecular weight excluding hydrogens is 323 g/mol. The van der Waals surface area contributed by atoms with E-state index in [1.54, 1.807) is 4.57 Å². The molecule has 1 aliphatic rings. The molecule has 128 valence electrons.